The lowest BCUT2D eigenvalue weighted by atomic mass is 10.2. The summed E-state index contributed by atoms with van der Waals surface area (Å²) in [5.41, 5.74) is 1.78. The molecule has 1 heterocycles. The van der Waals surface area contributed by atoms with Gasteiger partial charge in [-0.15, -0.1) is 6.42 Å². The van der Waals surface area contributed by atoms with E-state index in [4.69, 9.17) is 18.0 Å². The van der Waals surface area contributed by atoms with Crippen LogP contribution in [-0.2, 0) is 0 Å². The molecular weight excluding hydrogens is 146 g/mol. The van der Waals surface area contributed by atoms with Crippen LogP contribution in [0, 0.1) is 19.3 Å². The normalized spacial score (nSPS) is 8.90. The number of halogens is 1. The van der Waals surface area contributed by atoms with Crippen molar-refractivity contribution in [1.82, 2.24) is 4.98 Å². The maximum absolute atomic E-state index is 5.59. The van der Waals surface area contributed by atoms with Crippen LogP contribution in [0.5, 0.6) is 0 Å². The summed E-state index contributed by atoms with van der Waals surface area (Å²) in [6.45, 7) is 1.91. The van der Waals surface area contributed by atoms with Gasteiger partial charge in [0.1, 0.15) is 5.15 Å². The molecule has 0 N–H and O–H groups in total. The predicted octanol–water partition coefficient (Wildman–Crippen LogP) is 2.02. The molecular formula is C8H6ClN. The smallest absolute Gasteiger partial charge is 0.129 e. The Morgan fingerprint density at radius 1 is 1.70 bits per heavy atom. The highest BCUT2D eigenvalue weighted by molar-refractivity contribution is 6.29. The summed E-state index contributed by atoms with van der Waals surface area (Å²) < 4.78 is 0. The quantitative estimate of drug-likeness (QED) is 0.409. The highest BCUT2D eigenvalue weighted by Crippen LogP contribution is 2.09. The largest absolute Gasteiger partial charge is 0.243 e. The fourth-order valence-corrected chi connectivity index (χ4v) is 0.885. The molecule has 0 saturated heterocycles. The Bertz CT molecular complexity index is 286. The number of rotatable bonds is 0. The molecule has 0 bridgehead atoms. The van der Waals surface area contributed by atoms with Gasteiger partial charge in [-0.05, 0) is 18.6 Å². The van der Waals surface area contributed by atoms with Gasteiger partial charge in [0.15, 0.2) is 0 Å². The summed E-state index contributed by atoms with van der Waals surface area (Å²) in [4.78, 5) is 3.83. The molecule has 0 aliphatic rings. The second-order valence-electron chi connectivity index (χ2n) is 1.97. The summed E-state index contributed by atoms with van der Waals surface area (Å²) in [5.74, 6) is 2.50. The van der Waals surface area contributed by atoms with Gasteiger partial charge in [0, 0.05) is 11.8 Å². The Balaban J connectivity index is 3.23. The van der Waals surface area contributed by atoms with Crippen molar-refractivity contribution in [3.8, 4) is 12.3 Å². The molecule has 0 atom stereocenters. The number of hydrogen-bond donors (Lipinski definition) is 0. The SMILES string of the molecule is C#Cc1cnc(Cl)cc1C. The lowest BCUT2D eigenvalue weighted by molar-refractivity contribution is 1.27. The van der Waals surface area contributed by atoms with Crippen molar-refractivity contribution in [1.29, 1.82) is 0 Å². The molecule has 1 rings (SSSR count). The van der Waals surface area contributed by atoms with E-state index >= 15 is 0 Å². The van der Waals surface area contributed by atoms with E-state index in [1.165, 1.54) is 0 Å². The first-order chi connectivity index (χ1) is 4.74. The van der Waals surface area contributed by atoms with Crippen molar-refractivity contribution < 1.29 is 0 Å². The molecule has 1 aromatic rings. The van der Waals surface area contributed by atoms with Gasteiger partial charge in [-0.1, -0.05) is 17.5 Å². The number of aromatic nitrogens is 1. The summed E-state index contributed by atoms with van der Waals surface area (Å²) in [5, 5.41) is 0.483. The third kappa shape index (κ3) is 1.29. The van der Waals surface area contributed by atoms with Crippen LogP contribution in [0.2, 0.25) is 5.15 Å². The Labute approximate surface area is 65.0 Å². The number of aryl methyl sites for hydroxylation is 1. The zero-order valence-electron chi connectivity index (χ0n) is 5.56. The first kappa shape index (κ1) is 7.11. The summed E-state index contributed by atoms with van der Waals surface area (Å²) in [6, 6.07) is 1.75. The summed E-state index contributed by atoms with van der Waals surface area (Å²) in [7, 11) is 0. The Kier molecular flexibility index (Phi) is 1.94. The molecule has 10 heavy (non-hydrogen) atoms. The minimum Gasteiger partial charge on any atom is -0.243 e. The molecule has 0 spiro atoms. The van der Waals surface area contributed by atoms with E-state index in [2.05, 4.69) is 10.9 Å². The van der Waals surface area contributed by atoms with Gasteiger partial charge in [-0.3, -0.25) is 0 Å². The first-order valence-corrected chi connectivity index (χ1v) is 3.20. The van der Waals surface area contributed by atoms with Crippen molar-refractivity contribution >= 4 is 11.6 Å². The predicted molar refractivity (Wildman–Crippen MR) is 41.9 cm³/mol. The minimum absolute atomic E-state index is 0.483. The average Bonchev–Trinajstić information content (AvgIpc) is 1.88. The molecule has 0 aliphatic heterocycles. The topological polar surface area (TPSA) is 12.9 Å². The van der Waals surface area contributed by atoms with Crippen LogP contribution >= 0.6 is 11.6 Å². The lowest BCUT2D eigenvalue weighted by Crippen LogP contribution is -1.83. The van der Waals surface area contributed by atoms with Crippen LogP contribution in [0.4, 0.5) is 0 Å². The number of nitrogens with zero attached hydrogens (tertiary/aromatic N) is 1. The van der Waals surface area contributed by atoms with Crippen molar-refractivity contribution in [2.45, 2.75) is 6.92 Å². The fraction of sp³-hybridized carbons (Fsp3) is 0.125. The molecule has 0 aliphatic carbocycles. The molecule has 1 nitrogen and oxygen atoms in total. The lowest BCUT2D eigenvalue weighted by Gasteiger charge is -1.95. The van der Waals surface area contributed by atoms with Gasteiger partial charge < -0.3 is 0 Å². The third-order valence-electron chi connectivity index (χ3n) is 1.23. The molecule has 0 unspecified atom stereocenters. The van der Waals surface area contributed by atoms with Crippen molar-refractivity contribution in [3.05, 3.63) is 28.5 Å². The molecule has 2 heteroatoms. The van der Waals surface area contributed by atoms with Gasteiger partial charge in [0.25, 0.3) is 0 Å². The average molecular weight is 152 g/mol. The molecule has 0 saturated carbocycles. The fourth-order valence-electron chi connectivity index (χ4n) is 0.673. The molecule has 0 aromatic carbocycles. The maximum atomic E-state index is 5.59. The molecule has 0 fully saturated rings. The zero-order valence-corrected chi connectivity index (χ0v) is 6.31. The van der Waals surface area contributed by atoms with Crippen molar-refractivity contribution in [3.63, 3.8) is 0 Å². The van der Waals surface area contributed by atoms with E-state index in [1.54, 1.807) is 12.3 Å². The van der Waals surface area contributed by atoms with Crippen LogP contribution in [0.25, 0.3) is 0 Å². The molecule has 50 valence electrons. The van der Waals surface area contributed by atoms with Gasteiger partial charge in [0.2, 0.25) is 0 Å². The van der Waals surface area contributed by atoms with Crippen LogP contribution in [0.1, 0.15) is 11.1 Å². The third-order valence-corrected chi connectivity index (χ3v) is 1.44. The summed E-state index contributed by atoms with van der Waals surface area (Å²) >= 11 is 5.59. The molecule has 1 aromatic heterocycles. The Morgan fingerprint density at radius 2 is 2.40 bits per heavy atom. The first-order valence-electron chi connectivity index (χ1n) is 2.83. The van der Waals surface area contributed by atoms with E-state index in [0.717, 1.165) is 11.1 Å². The van der Waals surface area contributed by atoms with E-state index in [-0.39, 0.29) is 0 Å². The zero-order chi connectivity index (χ0) is 7.56. The van der Waals surface area contributed by atoms with Crippen LogP contribution < -0.4 is 0 Å². The van der Waals surface area contributed by atoms with Crippen LogP contribution in [0.3, 0.4) is 0 Å². The van der Waals surface area contributed by atoms with Gasteiger partial charge >= 0.3 is 0 Å². The standard InChI is InChI=1S/C8H6ClN/c1-3-7-5-10-8(9)4-6(7)2/h1,4-5H,2H3. The number of hydrogen-bond acceptors (Lipinski definition) is 1. The van der Waals surface area contributed by atoms with Crippen LogP contribution in [-0.4, -0.2) is 4.98 Å². The van der Waals surface area contributed by atoms with E-state index in [0.29, 0.717) is 5.15 Å². The van der Waals surface area contributed by atoms with Crippen LogP contribution in [0.15, 0.2) is 12.3 Å². The van der Waals surface area contributed by atoms with Crippen molar-refractivity contribution in [2.75, 3.05) is 0 Å². The number of pyridine rings is 1. The van der Waals surface area contributed by atoms with Crippen molar-refractivity contribution in [2.24, 2.45) is 0 Å². The molecule has 0 radical (unpaired) electrons. The summed E-state index contributed by atoms with van der Waals surface area (Å²) in [6.07, 6.45) is 6.76. The number of terminal acetylenes is 1. The molecule has 0 amide bonds. The van der Waals surface area contributed by atoms with E-state index < -0.39 is 0 Å². The highest BCUT2D eigenvalue weighted by Gasteiger charge is 1.94. The van der Waals surface area contributed by atoms with Gasteiger partial charge in [-0.2, -0.15) is 0 Å². The second-order valence-corrected chi connectivity index (χ2v) is 2.35. The van der Waals surface area contributed by atoms with Gasteiger partial charge in [-0.25, -0.2) is 4.98 Å². The monoisotopic (exact) mass is 151 g/mol. The van der Waals surface area contributed by atoms with E-state index in [9.17, 15) is 0 Å². The maximum Gasteiger partial charge on any atom is 0.129 e. The minimum atomic E-state index is 0.483. The van der Waals surface area contributed by atoms with Gasteiger partial charge in [0.05, 0.1) is 0 Å². The Hall–Kier alpha value is -1.00. The van der Waals surface area contributed by atoms with E-state index in [1.807, 2.05) is 6.92 Å². The highest BCUT2D eigenvalue weighted by atomic mass is 35.5. The second kappa shape index (κ2) is 2.72. The Morgan fingerprint density at radius 3 is 2.90 bits per heavy atom.